The van der Waals surface area contributed by atoms with Crippen LogP contribution >= 0.6 is 0 Å². The van der Waals surface area contributed by atoms with E-state index in [1.165, 1.54) is 25.7 Å². The van der Waals surface area contributed by atoms with Crippen LogP contribution in [0.2, 0.25) is 0 Å². The van der Waals surface area contributed by atoms with Crippen molar-refractivity contribution in [3.8, 4) is 0 Å². The van der Waals surface area contributed by atoms with Gasteiger partial charge in [0.05, 0.1) is 0 Å². The Morgan fingerprint density at radius 2 is 2.05 bits per heavy atom. The summed E-state index contributed by atoms with van der Waals surface area (Å²) in [7, 11) is 0. The summed E-state index contributed by atoms with van der Waals surface area (Å²) in [6, 6.07) is 0.987. The Labute approximate surface area is 122 Å². The van der Waals surface area contributed by atoms with Gasteiger partial charge in [-0.25, -0.2) is 9.67 Å². The highest BCUT2D eigenvalue weighted by atomic mass is 15.3. The van der Waals surface area contributed by atoms with E-state index in [0.29, 0.717) is 12.1 Å². The summed E-state index contributed by atoms with van der Waals surface area (Å²) in [5, 5.41) is 8.15. The fraction of sp³-hybridized carbons (Fsp3) is 0.875. The van der Waals surface area contributed by atoms with Gasteiger partial charge < -0.3 is 5.32 Å². The second-order valence-electron chi connectivity index (χ2n) is 6.97. The first-order valence-electron chi connectivity index (χ1n) is 8.30. The zero-order valence-corrected chi connectivity index (χ0v) is 13.0. The average Bonchev–Trinajstić information content (AvgIpc) is 2.87. The lowest BCUT2D eigenvalue weighted by atomic mass is 9.91. The summed E-state index contributed by atoms with van der Waals surface area (Å²) in [6.45, 7) is 7.72. The standard InChI is InChI=1S/C16H28N4/c1-4-5-17-15(14-7-12-6-13(12)8-14)9-16-18-10-19-20(16)11(2)3/h10-15,17H,4-9H2,1-3H3. The lowest BCUT2D eigenvalue weighted by Gasteiger charge is -2.26. The maximum atomic E-state index is 4.50. The van der Waals surface area contributed by atoms with Crippen molar-refractivity contribution in [1.29, 1.82) is 0 Å². The zero-order chi connectivity index (χ0) is 14.1. The topological polar surface area (TPSA) is 42.7 Å². The van der Waals surface area contributed by atoms with Crippen molar-refractivity contribution < 1.29 is 0 Å². The summed E-state index contributed by atoms with van der Waals surface area (Å²) >= 11 is 0. The highest BCUT2D eigenvalue weighted by molar-refractivity contribution is 5.02. The molecule has 0 saturated heterocycles. The SMILES string of the molecule is CCCNC(Cc1ncnn1C(C)C)C1CC2CC2C1. The van der Waals surface area contributed by atoms with Gasteiger partial charge in [-0.05, 0) is 63.8 Å². The molecule has 1 heterocycles. The van der Waals surface area contributed by atoms with Gasteiger partial charge in [0.1, 0.15) is 12.2 Å². The lowest BCUT2D eigenvalue weighted by molar-refractivity contribution is 0.322. The smallest absolute Gasteiger partial charge is 0.138 e. The number of nitrogens with zero attached hydrogens (tertiary/aromatic N) is 3. The van der Waals surface area contributed by atoms with Crippen LogP contribution in [-0.2, 0) is 6.42 Å². The van der Waals surface area contributed by atoms with E-state index in [2.05, 4.69) is 40.9 Å². The zero-order valence-electron chi connectivity index (χ0n) is 13.0. The predicted octanol–water partition coefficient (Wildman–Crippen LogP) is 2.82. The third kappa shape index (κ3) is 2.90. The van der Waals surface area contributed by atoms with Crippen LogP contribution in [0.1, 0.15) is 58.3 Å². The molecule has 1 aromatic heterocycles. The molecule has 4 nitrogen and oxygen atoms in total. The molecule has 0 aromatic carbocycles. The Hall–Kier alpha value is -0.900. The summed E-state index contributed by atoms with van der Waals surface area (Å²) in [6.07, 6.45) is 8.30. The van der Waals surface area contributed by atoms with Crippen LogP contribution < -0.4 is 5.32 Å². The molecule has 2 aliphatic rings. The van der Waals surface area contributed by atoms with Crippen LogP contribution in [0.25, 0.3) is 0 Å². The average molecular weight is 276 g/mol. The fourth-order valence-corrected chi connectivity index (χ4v) is 3.87. The van der Waals surface area contributed by atoms with Gasteiger partial charge in [-0.15, -0.1) is 0 Å². The first-order valence-corrected chi connectivity index (χ1v) is 8.30. The fourth-order valence-electron chi connectivity index (χ4n) is 3.87. The number of fused-ring (bicyclic) bond motifs is 1. The molecule has 20 heavy (non-hydrogen) atoms. The first kappa shape index (κ1) is 14.1. The Bertz CT molecular complexity index is 429. The molecule has 4 heteroatoms. The van der Waals surface area contributed by atoms with Crippen molar-refractivity contribution in [1.82, 2.24) is 20.1 Å². The highest BCUT2D eigenvalue weighted by Gasteiger charge is 2.47. The molecule has 3 rings (SSSR count). The van der Waals surface area contributed by atoms with Crippen molar-refractivity contribution in [3.05, 3.63) is 12.2 Å². The van der Waals surface area contributed by atoms with Gasteiger partial charge in [0.25, 0.3) is 0 Å². The van der Waals surface area contributed by atoms with Crippen LogP contribution in [0.15, 0.2) is 6.33 Å². The van der Waals surface area contributed by atoms with E-state index in [1.54, 1.807) is 6.33 Å². The van der Waals surface area contributed by atoms with Crippen molar-refractivity contribution in [2.24, 2.45) is 17.8 Å². The molecular weight excluding hydrogens is 248 g/mol. The monoisotopic (exact) mass is 276 g/mol. The van der Waals surface area contributed by atoms with Crippen LogP contribution in [0.5, 0.6) is 0 Å². The Morgan fingerprint density at radius 3 is 2.70 bits per heavy atom. The quantitative estimate of drug-likeness (QED) is 0.832. The van der Waals surface area contributed by atoms with Gasteiger partial charge in [0.15, 0.2) is 0 Å². The molecule has 2 saturated carbocycles. The number of hydrogen-bond donors (Lipinski definition) is 1. The van der Waals surface area contributed by atoms with Crippen molar-refractivity contribution in [3.63, 3.8) is 0 Å². The molecule has 0 radical (unpaired) electrons. The van der Waals surface area contributed by atoms with Crippen molar-refractivity contribution in [2.45, 2.75) is 65.0 Å². The van der Waals surface area contributed by atoms with Gasteiger partial charge >= 0.3 is 0 Å². The Kier molecular flexibility index (Phi) is 4.11. The predicted molar refractivity (Wildman–Crippen MR) is 80.5 cm³/mol. The molecule has 3 unspecified atom stereocenters. The van der Waals surface area contributed by atoms with Crippen molar-refractivity contribution >= 4 is 0 Å². The van der Waals surface area contributed by atoms with E-state index >= 15 is 0 Å². The number of aromatic nitrogens is 3. The molecule has 2 aliphatic carbocycles. The van der Waals surface area contributed by atoms with Crippen LogP contribution in [0.4, 0.5) is 0 Å². The summed E-state index contributed by atoms with van der Waals surface area (Å²) in [4.78, 5) is 4.50. The molecule has 2 fully saturated rings. The minimum absolute atomic E-state index is 0.399. The summed E-state index contributed by atoms with van der Waals surface area (Å²) in [5.41, 5.74) is 0. The van der Waals surface area contributed by atoms with E-state index in [1.807, 2.05) is 0 Å². The molecule has 0 amide bonds. The minimum Gasteiger partial charge on any atom is -0.313 e. The van der Waals surface area contributed by atoms with Crippen LogP contribution in [0, 0.1) is 17.8 Å². The molecule has 1 N–H and O–H groups in total. The Morgan fingerprint density at radius 1 is 1.30 bits per heavy atom. The highest BCUT2D eigenvalue weighted by Crippen LogP contribution is 2.55. The van der Waals surface area contributed by atoms with E-state index in [4.69, 9.17) is 0 Å². The normalized spacial score (nSPS) is 29.7. The molecule has 0 bridgehead atoms. The maximum Gasteiger partial charge on any atom is 0.138 e. The maximum absolute atomic E-state index is 4.50. The molecule has 3 atom stereocenters. The van der Waals surface area contributed by atoms with Crippen molar-refractivity contribution in [2.75, 3.05) is 6.54 Å². The lowest BCUT2D eigenvalue weighted by Crippen LogP contribution is -2.39. The van der Waals surface area contributed by atoms with Gasteiger partial charge in [-0.1, -0.05) is 6.92 Å². The molecule has 1 aromatic rings. The molecule has 112 valence electrons. The second-order valence-corrected chi connectivity index (χ2v) is 6.97. The van der Waals surface area contributed by atoms with E-state index < -0.39 is 0 Å². The largest absolute Gasteiger partial charge is 0.313 e. The van der Waals surface area contributed by atoms with E-state index in [-0.39, 0.29) is 0 Å². The van der Waals surface area contributed by atoms with Gasteiger partial charge in [-0.2, -0.15) is 5.10 Å². The molecule has 0 aliphatic heterocycles. The number of nitrogens with one attached hydrogen (secondary N) is 1. The van der Waals surface area contributed by atoms with Gasteiger partial charge in [0, 0.05) is 18.5 Å². The third-order valence-corrected chi connectivity index (χ3v) is 5.04. The summed E-state index contributed by atoms with van der Waals surface area (Å²) in [5.74, 6) is 4.10. The second kappa shape index (κ2) is 5.84. The van der Waals surface area contributed by atoms with Gasteiger partial charge in [-0.3, -0.25) is 0 Å². The summed E-state index contributed by atoms with van der Waals surface area (Å²) < 4.78 is 2.08. The van der Waals surface area contributed by atoms with Crippen LogP contribution in [0.3, 0.4) is 0 Å². The minimum atomic E-state index is 0.399. The first-order chi connectivity index (χ1) is 9.69. The molecule has 0 spiro atoms. The number of hydrogen-bond acceptors (Lipinski definition) is 3. The van der Waals surface area contributed by atoms with Gasteiger partial charge in [0.2, 0.25) is 0 Å². The molecular formula is C16H28N4. The number of rotatable bonds is 7. The third-order valence-electron chi connectivity index (χ3n) is 5.04. The van der Waals surface area contributed by atoms with Crippen LogP contribution in [-0.4, -0.2) is 27.4 Å². The van der Waals surface area contributed by atoms with E-state index in [0.717, 1.165) is 36.5 Å². The Balaban J connectivity index is 1.67. The van der Waals surface area contributed by atoms with E-state index in [9.17, 15) is 0 Å².